The van der Waals surface area contributed by atoms with Crippen molar-refractivity contribution in [2.24, 2.45) is 0 Å². The van der Waals surface area contributed by atoms with Crippen molar-refractivity contribution in [1.82, 2.24) is 9.55 Å². The lowest BCUT2D eigenvalue weighted by Crippen LogP contribution is -1.97. The van der Waals surface area contributed by atoms with Gasteiger partial charge in [0.05, 0.1) is 22.4 Å². The van der Waals surface area contributed by atoms with Crippen LogP contribution in [0, 0.1) is 0 Å². The Hall–Kier alpha value is -5.15. The molecule has 0 aliphatic heterocycles. The van der Waals surface area contributed by atoms with Crippen molar-refractivity contribution in [1.29, 1.82) is 0 Å². The maximum absolute atomic E-state index is 6.00. The standard InChI is InChI=1S/C35H22N2O/c1-5-16-30(37-31-17-6-2-13-26(31)27-14-3-7-18-32(27)37)25(12-1)23-10-9-11-24(22-23)29-20-21-34-35(36-29)28-15-4-8-19-33(28)38-34/h1-22H. The molecule has 0 aliphatic carbocycles. The second-order valence-corrected chi connectivity index (χ2v) is 9.61. The minimum absolute atomic E-state index is 0.808. The van der Waals surface area contributed by atoms with Gasteiger partial charge >= 0.3 is 0 Å². The van der Waals surface area contributed by atoms with E-state index in [4.69, 9.17) is 9.40 Å². The molecule has 0 atom stereocenters. The number of rotatable bonds is 3. The fourth-order valence-electron chi connectivity index (χ4n) is 5.69. The minimum atomic E-state index is 0.808. The molecule has 8 rings (SSSR count). The third-order valence-electron chi connectivity index (χ3n) is 7.41. The molecule has 178 valence electrons. The van der Waals surface area contributed by atoms with E-state index in [0.29, 0.717) is 0 Å². The molecule has 3 heterocycles. The summed E-state index contributed by atoms with van der Waals surface area (Å²) in [6, 6.07) is 46.7. The second kappa shape index (κ2) is 8.19. The second-order valence-electron chi connectivity index (χ2n) is 9.61. The molecule has 0 radical (unpaired) electrons. The molecule has 0 aliphatic rings. The van der Waals surface area contributed by atoms with E-state index in [1.165, 1.54) is 27.4 Å². The predicted molar refractivity (Wildman–Crippen MR) is 157 cm³/mol. The van der Waals surface area contributed by atoms with Crippen LogP contribution in [0.3, 0.4) is 0 Å². The zero-order valence-corrected chi connectivity index (χ0v) is 20.5. The maximum atomic E-state index is 6.00. The van der Waals surface area contributed by atoms with E-state index in [2.05, 4.69) is 108 Å². The molecular formula is C35H22N2O. The van der Waals surface area contributed by atoms with Gasteiger partial charge in [0, 0.05) is 27.3 Å². The van der Waals surface area contributed by atoms with Gasteiger partial charge in [0.25, 0.3) is 0 Å². The SMILES string of the molecule is c1cc(-c2ccc3oc4ccccc4c3n2)cc(-c2ccccc2-n2c3ccccc3c3ccccc32)c1. The van der Waals surface area contributed by atoms with Crippen LogP contribution in [-0.2, 0) is 0 Å². The number of fused-ring (bicyclic) bond motifs is 6. The summed E-state index contributed by atoms with van der Waals surface area (Å²) in [5.74, 6) is 0. The first kappa shape index (κ1) is 21.0. The van der Waals surface area contributed by atoms with Gasteiger partial charge in [-0.2, -0.15) is 0 Å². The van der Waals surface area contributed by atoms with Crippen LogP contribution in [0.15, 0.2) is 138 Å². The Morgan fingerprint density at radius 1 is 0.500 bits per heavy atom. The summed E-state index contributed by atoms with van der Waals surface area (Å²) < 4.78 is 8.38. The van der Waals surface area contributed by atoms with E-state index in [0.717, 1.165) is 44.6 Å². The molecule has 8 aromatic rings. The number of nitrogens with zero attached hydrogens (tertiary/aromatic N) is 2. The average molecular weight is 487 g/mol. The Labute approximate surface area is 219 Å². The van der Waals surface area contributed by atoms with Crippen LogP contribution in [0.25, 0.3) is 71.9 Å². The molecule has 3 heteroatoms. The number of benzene rings is 5. The van der Waals surface area contributed by atoms with Crippen LogP contribution in [0.2, 0.25) is 0 Å². The first-order valence-electron chi connectivity index (χ1n) is 12.8. The highest BCUT2D eigenvalue weighted by atomic mass is 16.3. The minimum Gasteiger partial charge on any atom is -0.454 e. The lowest BCUT2D eigenvalue weighted by molar-refractivity contribution is 0.668. The van der Waals surface area contributed by atoms with Gasteiger partial charge in [0.1, 0.15) is 11.1 Å². The third kappa shape index (κ3) is 3.12. The molecule has 5 aromatic carbocycles. The van der Waals surface area contributed by atoms with E-state index in [1.54, 1.807) is 0 Å². The molecule has 3 nitrogen and oxygen atoms in total. The highest BCUT2D eigenvalue weighted by Crippen LogP contribution is 2.37. The van der Waals surface area contributed by atoms with E-state index in [-0.39, 0.29) is 0 Å². The van der Waals surface area contributed by atoms with Gasteiger partial charge in [-0.25, -0.2) is 4.98 Å². The normalized spacial score (nSPS) is 11.7. The summed E-state index contributed by atoms with van der Waals surface area (Å²) in [5, 5.41) is 3.56. The van der Waals surface area contributed by atoms with Crippen LogP contribution in [-0.4, -0.2) is 9.55 Å². The van der Waals surface area contributed by atoms with E-state index in [9.17, 15) is 0 Å². The van der Waals surface area contributed by atoms with Crippen molar-refractivity contribution in [3.63, 3.8) is 0 Å². The molecule has 0 N–H and O–H groups in total. The molecule has 0 bridgehead atoms. The van der Waals surface area contributed by atoms with Crippen LogP contribution in [0.1, 0.15) is 0 Å². The van der Waals surface area contributed by atoms with Crippen LogP contribution < -0.4 is 0 Å². The van der Waals surface area contributed by atoms with Crippen LogP contribution >= 0.6 is 0 Å². The van der Waals surface area contributed by atoms with Gasteiger partial charge in [-0.1, -0.05) is 84.9 Å². The highest BCUT2D eigenvalue weighted by Gasteiger charge is 2.16. The highest BCUT2D eigenvalue weighted by molar-refractivity contribution is 6.09. The van der Waals surface area contributed by atoms with Crippen molar-refractivity contribution >= 4 is 43.9 Å². The Kier molecular flexibility index (Phi) is 4.52. The number of aromatic nitrogens is 2. The largest absolute Gasteiger partial charge is 0.454 e. The first-order valence-corrected chi connectivity index (χ1v) is 12.8. The summed E-state index contributed by atoms with van der Waals surface area (Å²) in [6.07, 6.45) is 0. The molecule has 0 amide bonds. The van der Waals surface area contributed by atoms with E-state index in [1.807, 2.05) is 30.3 Å². The van der Waals surface area contributed by atoms with Gasteiger partial charge < -0.3 is 8.98 Å². The monoisotopic (exact) mass is 486 g/mol. The molecule has 0 unspecified atom stereocenters. The predicted octanol–water partition coefficient (Wildman–Crippen LogP) is 9.41. The summed E-state index contributed by atoms with van der Waals surface area (Å²) in [6.45, 7) is 0. The van der Waals surface area contributed by atoms with Crippen molar-refractivity contribution in [3.05, 3.63) is 133 Å². The number of furan rings is 1. The van der Waals surface area contributed by atoms with Gasteiger partial charge in [-0.15, -0.1) is 0 Å². The summed E-state index contributed by atoms with van der Waals surface area (Å²) in [5.41, 5.74) is 10.5. The van der Waals surface area contributed by atoms with Crippen LogP contribution in [0.5, 0.6) is 0 Å². The fourth-order valence-corrected chi connectivity index (χ4v) is 5.69. The van der Waals surface area contributed by atoms with Crippen molar-refractivity contribution in [2.75, 3.05) is 0 Å². The number of pyridine rings is 1. The lowest BCUT2D eigenvalue weighted by Gasteiger charge is -2.14. The molecule has 0 saturated carbocycles. The Balaban J connectivity index is 1.32. The Morgan fingerprint density at radius 3 is 1.97 bits per heavy atom. The molecular weight excluding hydrogens is 464 g/mol. The number of para-hydroxylation sites is 4. The topological polar surface area (TPSA) is 31.0 Å². The Bertz CT molecular complexity index is 2090. The van der Waals surface area contributed by atoms with Crippen LogP contribution in [0.4, 0.5) is 0 Å². The van der Waals surface area contributed by atoms with Gasteiger partial charge in [-0.05, 0) is 54.1 Å². The third-order valence-corrected chi connectivity index (χ3v) is 7.41. The summed E-state index contributed by atoms with van der Waals surface area (Å²) >= 11 is 0. The molecule has 0 fully saturated rings. The van der Waals surface area contributed by atoms with E-state index < -0.39 is 0 Å². The summed E-state index contributed by atoms with van der Waals surface area (Å²) in [7, 11) is 0. The van der Waals surface area contributed by atoms with Gasteiger partial charge in [-0.3, -0.25) is 0 Å². The molecule has 0 spiro atoms. The summed E-state index contributed by atoms with van der Waals surface area (Å²) in [4.78, 5) is 5.02. The molecule has 3 aromatic heterocycles. The number of hydrogen-bond acceptors (Lipinski definition) is 2. The first-order chi connectivity index (χ1) is 18.8. The maximum Gasteiger partial charge on any atom is 0.153 e. The lowest BCUT2D eigenvalue weighted by atomic mass is 9.99. The molecule has 38 heavy (non-hydrogen) atoms. The Morgan fingerprint density at radius 2 is 1.16 bits per heavy atom. The molecule has 0 saturated heterocycles. The quantitative estimate of drug-likeness (QED) is 0.249. The van der Waals surface area contributed by atoms with Crippen molar-refractivity contribution in [3.8, 4) is 28.1 Å². The number of hydrogen-bond donors (Lipinski definition) is 0. The van der Waals surface area contributed by atoms with E-state index >= 15 is 0 Å². The fraction of sp³-hybridized carbons (Fsp3) is 0. The van der Waals surface area contributed by atoms with Gasteiger partial charge in [0.2, 0.25) is 0 Å². The van der Waals surface area contributed by atoms with Crippen molar-refractivity contribution in [2.45, 2.75) is 0 Å². The van der Waals surface area contributed by atoms with Crippen molar-refractivity contribution < 1.29 is 4.42 Å². The zero-order valence-electron chi connectivity index (χ0n) is 20.5. The smallest absolute Gasteiger partial charge is 0.153 e. The van der Waals surface area contributed by atoms with Gasteiger partial charge in [0.15, 0.2) is 5.58 Å². The zero-order chi connectivity index (χ0) is 25.1. The average Bonchev–Trinajstić information content (AvgIpc) is 3.53.